The Morgan fingerprint density at radius 1 is 1.40 bits per heavy atom. The van der Waals surface area contributed by atoms with Gasteiger partial charge in [-0.15, -0.1) is 0 Å². The van der Waals surface area contributed by atoms with Gasteiger partial charge in [0.05, 0.1) is 5.41 Å². The minimum absolute atomic E-state index is 0.0318. The Hall–Kier alpha value is -1.26. The number of amides is 2. The van der Waals surface area contributed by atoms with Gasteiger partial charge in [0.15, 0.2) is 0 Å². The van der Waals surface area contributed by atoms with Crippen molar-refractivity contribution in [3.05, 3.63) is 0 Å². The van der Waals surface area contributed by atoms with Crippen molar-refractivity contribution in [1.82, 2.24) is 10.2 Å². The van der Waals surface area contributed by atoms with E-state index in [0.717, 1.165) is 0 Å². The number of nitrogens with one attached hydrogen (secondary N) is 1. The van der Waals surface area contributed by atoms with Gasteiger partial charge < -0.3 is 15.3 Å². The van der Waals surface area contributed by atoms with Gasteiger partial charge in [0.1, 0.15) is 0 Å². The molecular formula is C15H28N2O3. The molecule has 5 heteroatoms. The Morgan fingerprint density at radius 3 is 2.40 bits per heavy atom. The van der Waals surface area contributed by atoms with Crippen molar-refractivity contribution in [3.63, 3.8) is 0 Å². The fourth-order valence-electron chi connectivity index (χ4n) is 2.28. The summed E-state index contributed by atoms with van der Waals surface area (Å²) < 4.78 is 0. The first kappa shape index (κ1) is 16.8. The predicted octanol–water partition coefficient (Wildman–Crippen LogP) is 2.56. The van der Waals surface area contributed by atoms with Gasteiger partial charge in [-0.3, -0.25) is 4.79 Å². The molecule has 1 rings (SSSR count). The zero-order valence-corrected chi connectivity index (χ0v) is 13.3. The Morgan fingerprint density at radius 2 is 2.00 bits per heavy atom. The lowest BCUT2D eigenvalue weighted by molar-refractivity contribution is -0.148. The van der Waals surface area contributed by atoms with E-state index < -0.39 is 11.4 Å². The number of rotatable bonds is 5. The second-order valence-corrected chi connectivity index (χ2v) is 6.91. The van der Waals surface area contributed by atoms with Gasteiger partial charge in [0, 0.05) is 19.6 Å². The molecular weight excluding hydrogens is 256 g/mol. The highest BCUT2D eigenvalue weighted by atomic mass is 16.4. The van der Waals surface area contributed by atoms with Crippen LogP contribution in [0.1, 0.15) is 47.5 Å². The molecule has 1 aliphatic heterocycles. The van der Waals surface area contributed by atoms with Crippen LogP contribution in [0, 0.1) is 16.7 Å². The fourth-order valence-corrected chi connectivity index (χ4v) is 2.28. The van der Waals surface area contributed by atoms with E-state index in [1.807, 2.05) is 6.92 Å². The van der Waals surface area contributed by atoms with Crippen LogP contribution in [0.25, 0.3) is 0 Å². The summed E-state index contributed by atoms with van der Waals surface area (Å²) in [6, 6.07) is -0.143. The highest BCUT2D eigenvalue weighted by Crippen LogP contribution is 2.34. The van der Waals surface area contributed by atoms with Crippen LogP contribution in [-0.2, 0) is 4.79 Å². The molecule has 0 aromatic carbocycles. The third kappa shape index (κ3) is 3.44. The van der Waals surface area contributed by atoms with Crippen molar-refractivity contribution >= 4 is 12.0 Å². The summed E-state index contributed by atoms with van der Waals surface area (Å²) in [5, 5.41) is 12.3. The maximum Gasteiger partial charge on any atom is 0.317 e. The zero-order chi connectivity index (χ0) is 15.6. The number of carboxylic acid groups (broad SMARTS) is 1. The number of carbonyl (C=O) groups is 2. The number of urea groups is 1. The number of hydrogen-bond acceptors (Lipinski definition) is 2. The van der Waals surface area contributed by atoms with E-state index >= 15 is 0 Å². The molecule has 1 fully saturated rings. The van der Waals surface area contributed by atoms with Gasteiger partial charge in [0.25, 0.3) is 0 Å². The van der Waals surface area contributed by atoms with Crippen molar-refractivity contribution in [2.75, 3.05) is 19.6 Å². The predicted molar refractivity (Wildman–Crippen MR) is 78.6 cm³/mol. The number of carbonyl (C=O) groups excluding carboxylic acids is 1. The Bertz CT molecular complexity index is 379. The average Bonchev–Trinajstić information content (AvgIpc) is 2.81. The number of carboxylic acids is 1. The Balaban J connectivity index is 2.57. The van der Waals surface area contributed by atoms with Gasteiger partial charge >= 0.3 is 12.0 Å². The second kappa shape index (κ2) is 6.02. The number of hydrogen-bond donors (Lipinski definition) is 2. The summed E-state index contributed by atoms with van der Waals surface area (Å²) >= 11 is 0. The van der Waals surface area contributed by atoms with Gasteiger partial charge in [-0.25, -0.2) is 4.79 Å². The first-order chi connectivity index (χ1) is 9.14. The Kier molecular flexibility index (Phi) is 5.05. The molecule has 20 heavy (non-hydrogen) atoms. The number of aliphatic carboxylic acids is 1. The smallest absolute Gasteiger partial charge is 0.317 e. The lowest BCUT2D eigenvalue weighted by atomic mass is 9.81. The first-order valence-electron chi connectivity index (χ1n) is 7.41. The van der Waals surface area contributed by atoms with E-state index in [9.17, 15) is 14.7 Å². The molecule has 2 amide bonds. The fraction of sp³-hybridized carbons (Fsp3) is 0.867. The molecule has 0 radical (unpaired) electrons. The lowest BCUT2D eigenvalue weighted by Gasteiger charge is -2.30. The van der Waals surface area contributed by atoms with E-state index in [2.05, 4.69) is 33.0 Å². The Labute approximate surface area is 121 Å². The van der Waals surface area contributed by atoms with Crippen LogP contribution in [0.2, 0.25) is 0 Å². The molecule has 5 nitrogen and oxygen atoms in total. The maximum absolute atomic E-state index is 12.2. The quantitative estimate of drug-likeness (QED) is 0.815. The third-order valence-corrected chi connectivity index (χ3v) is 5.03. The molecule has 116 valence electrons. The standard InChI is InChI=1S/C15H28N2O3/c1-6-15(12(18)19)7-8-17(10-15)13(20)16-9-14(4,5)11(2)3/h11H,6-10H2,1-5H3,(H,16,20)(H,18,19). The topological polar surface area (TPSA) is 69.6 Å². The van der Waals surface area contributed by atoms with Gasteiger partial charge in [-0.05, 0) is 24.2 Å². The minimum atomic E-state index is -0.794. The van der Waals surface area contributed by atoms with Crippen LogP contribution < -0.4 is 5.32 Å². The summed E-state index contributed by atoms with van der Waals surface area (Å²) in [6.07, 6.45) is 1.10. The normalized spacial score (nSPS) is 23.2. The molecule has 0 aromatic heterocycles. The average molecular weight is 284 g/mol. The van der Waals surface area contributed by atoms with Crippen LogP contribution in [-0.4, -0.2) is 41.6 Å². The molecule has 0 saturated carbocycles. The highest BCUT2D eigenvalue weighted by Gasteiger charge is 2.44. The lowest BCUT2D eigenvalue weighted by Crippen LogP contribution is -2.45. The van der Waals surface area contributed by atoms with E-state index in [1.165, 1.54) is 0 Å². The van der Waals surface area contributed by atoms with Crippen molar-refractivity contribution in [1.29, 1.82) is 0 Å². The molecule has 1 heterocycles. The summed E-state index contributed by atoms with van der Waals surface area (Å²) in [4.78, 5) is 25.2. The third-order valence-electron chi connectivity index (χ3n) is 5.03. The van der Waals surface area contributed by atoms with Crippen molar-refractivity contribution in [3.8, 4) is 0 Å². The summed E-state index contributed by atoms with van der Waals surface area (Å²) in [7, 11) is 0. The summed E-state index contributed by atoms with van der Waals surface area (Å²) in [5.74, 6) is -0.326. The molecule has 0 spiro atoms. The molecule has 0 aromatic rings. The zero-order valence-electron chi connectivity index (χ0n) is 13.3. The molecule has 1 aliphatic rings. The summed E-state index contributed by atoms with van der Waals surface area (Å²) in [5.41, 5.74) is -0.727. The van der Waals surface area contributed by atoms with E-state index in [4.69, 9.17) is 0 Å². The molecule has 2 N–H and O–H groups in total. The van der Waals surface area contributed by atoms with E-state index in [0.29, 0.717) is 38.4 Å². The SMILES string of the molecule is CCC1(C(=O)O)CCN(C(=O)NCC(C)(C)C(C)C)C1. The van der Waals surface area contributed by atoms with E-state index in [-0.39, 0.29) is 11.4 Å². The molecule has 1 unspecified atom stereocenters. The van der Waals surface area contributed by atoms with Gasteiger partial charge in [0.2, 0.25) is 0 Å². The molecule has 1 saturated heterocycles. The number of nitrogens with zero attached hydrogens (tertiary/aromatic N) is 1. The first-order valence-corrected chi connectivity index (χ1v) is 7.41. The van der Waals surface area contributed by atoms with Crippen molar-refractivity contribution in [2.45, 2.75) is 47.5 Å². The van der Waals surface area contributed by atoms with E-state index in [1.54, 1.807) is 4.90 Å². The van der Waals surface area contributed by atoms with Crippen molar-refractivity contribution < 1.29 is 14.7 Å². The molecule has 1 atom stereocenters. The molecule has 0 bridgehead atoms. The minimum Gasteiger partial charge on any atom is -0.481 e. The monoisotopic (exact) mass is 284 g/mol. The van der Waals surface area contributed by atoms with Gasteiger partial charge in [-0.2, -0.15) is 0 Å². The largest absolute Gasteiger partial charge is 0.481 e. The van der Waals surface area contributed by atoms with Crippen LogP contribution in [0.15, 0.2) is 0 Å². The number of likely N-dealkylation sites (tertiary alicyclic amines) is 1. The maximum atomic E-state index is 12.2. The molecule has 0 aliphatic carbocycles. The van der Waals surface area contributed by atoms with Gasteiger partial charge in [-0.1, -0.05) is 34.6 Å². The van der Waals surface area contributed by atoms with Crippen LogP contribution in [0.4, 0.5) is 4.79 Å². The second-order valence-electron chi connectivity index (χ2n) is 6.91. The van der Waals surface area contributed by atoms with Crippen LogP contribution >= 0.6 is 0 Å². The summed E-state index contributed by atoms with van der Waals surface area (Å²) in [6.45, 7) is 11.8. The highest BCUT2D eigenvalue weighted by molar-refractivity contribution is 5.79. The van der Waals surface area contributed by atoms with Crippen LogP contribution in [0.5, 0.6) is 0 Å². The van der Waals surface area contributed by atoms with Crippen molar-refractivity contribution in [2.24, 2.45) is 16.7 Å². The van der Waals surface area contributed by atoms with Crippen LogP contribution in [0.3, 0.4) is 0 Å².